The van der Waals surface area contributed by atoms with Crippen molar-refractivity contribution in [3.8, 4) is 28.4 Å². The van der Waals surface area contributed by atoms with E-state index in [-0.39, 0.29) is 60.6 Å². The predicted octanol–water partition coefficient (Wildman–Crippen LogP) is 6.45. The van der Waals surface area contributed by atoms with Crippen molar-refractivity contribution in [1.29, 1.82) is 0 Å². The molecule has 0 spiro atoms. The lowest BCUT2D eigenvalue weighted by atomic mass is 9.91. The average molecular weight is 603 g/mol. The summed E-state index contributed by atoms with van der Waals surface area (Å²) in [6, 6.07) is 11.6. The highest BCUT2D eigenvalue weighted by Gasteiger charge is 2.40. The largest absolute Gasteiger partial charge is 0.492 e. The van der Waals surface area contributed by atoms with E-state index in [1.807, 2.05) is 0 Å². The SMILES string of the molecule is O=C(O)C[C@@H]1COc2cc(O[C@@H]3CCc4c(-c5ccc(OCC6(O)CCOCC6)cc5)c(C(F)(F)F)cc(F)c43)ccc21. The maximum Gasteiger partial charge on any atom is 0.417 e. The van der Waals surface area contributed by atoms with E-state index in [2.05, 4.69) is 0 Å². The number of carboxylic acids is 1. The first kappa shape index (κ1) is 29.3. The maximum absolute atomic E-state index is 15.4. The summed E-state index contributed by atoms with van der Waals surface area (Å²) in [6.45, 7) is 1.09. The number of carbonyl (C=O) groups is 1. The molecule has 6 rings (SSSR count). The lowest BCUT2D eigenvalue weighted by molar-refractivity contribution is -0.138. The molecule has 11 heteroatoms. The Balaban J connectivity index is 1.27. The number of rotatable bonds is 8. The van der Waals surface area contributed by atoms with Gasteiger partial charge in [0.2, 0.25) is 0 Å². The van der Waals surface area contributed by atoms with Crippen LogP contribution < -0.4 is 14.2 Å². The van der Waals surface area contributed by atoms with Crippen molar-refractivity contribution in [3.63, 3.8) is 0 Å². The second-order valence-corrected chi connectivity index (χ2v) is 11.3. The molecule has 3 aliphatic rings. The Morgan fingerprint density at radius 2 is 1.77 bits per heavy atom. The standard InChI is InChI=1S/C32H30F4O7/c33-25-15-24(32(34,35)36)29(18-1-3-20(4-2-18)42-17-31(39)9-11-40-12-10-31)23-7-8-26(30(23)25)43-21-5-6-22-19(13-28(37)38)16-41-27(22)14-21/h1-6,14-15,19,26,39H,7-13,16-17H2,(H,37,38)/t19-,26-/m1/s1. The molecule has 1 saturated heterocycles. The molecule has 0 unspecified atom stereocenters. The summed E-state index contributed by atoms with van der Waals surface area (Å²) >= 11 is 0. The zero-order valence-corrected chi connectivity index (χ0v) is 23.1. The van der Waals surface area contributed by atoms with Crippen LogP contribution in [0.3, 0.4) is 0 Å². The zero-order chi connectivity index (χ0) is 30.4. The third-order valence-electron chi connectivity index (χ3n) is 8.35. The number of aliphatic hydroxyl groups is 1. The molecule has 1 fully saturated rings. The highest BCUT2D eigenvalue weighted by molar-refractivity contribution is 5.75. The van der Waals surface area contributed by atoms with Crippen LogP contribution in [0.1, 0.15) is 60.0 Å². The Labute approximate surface area is 245 Å². The van der Waals surface area contributed by atoms with Crippen molar-refractivity contribution in [2.24, 2.45) is 0 Å². The van der Waals surface area contributed by atoms with E-state index in [0.29, 0.717) is 49.4 Å². The number of fused-ring (bicyclic) bond motifs is 2. The zero-order valence-electron chi connectivity index (χ0n) is 23.1. The molecule has 0 saturated carbocycles. The third-order valence-corrected chi connectivity index (χ3v) is 8.35. The molecule has 43 heavy (non-hydrogen) atoms. The molecule has 3 aromatic rings. The fourth-order valence-corrected chi connectivity index (χ4v) is 6.12. The predicted molar refractivity (Wildman–Crippen MR) is 146 cm³/mol. The molecular formula is C32H30F4O7. The van der Waals surface area contributed by atoms with Gasteiger partial charge in [0.15, 0.2) is 0 Å². The topological polar surface area (TPSA) is 94.5 Å². The Hall–Kier alpha value is -3.83. The third kappa shape index (κ3) is 6.01. The Bertz CT molecular complexity index is 1510. The van der Waals surface area contributed by atoms with Crippen LogP contribution in [0.5, 0.6) is 17.2 Å². The number of halogens is 4. The summed E-state index contributed by atoms with van der Waals surface area (Å²) in [5.41, 5.74) is -0.880. The first-order chi connectivity index (χ1) is 20.5. The minimum atomic E-state index is -4.80. The van der Waals surface area contributed by atoms with E-state index >= 15 is 4.39 Å². The normalized spacial score (nSPS) is 20.7. The van der Waals surface area contributed by atoms with Gasteiger partial charge in [0.25, 0.3) is 0 Å². The van der Waals surface area contributed by atoms with Crippen LogP contribution in [0.15, 0.2) is 48.5 Å². The molecule has 2 aliphatic heterocycles. The highest BCUT2D eigenvalue weighted by atomic mass is 19.4. The Kier molecular flexibility index (Phi) is 7.72. The molecule has 0 amide bonds. The monoisotopic (exact) mass is 602 g/mol. The lowest BCUT2D eigenvalue weighted by Gasteiger charge is -2.31. The summed E-state index contributed by atoms with van der Waals surface area (Å²) in [6.07, 6.45) is -4.41. The van der Waals surface area contributed by atoms with Gasteiger partial charge in [-0.1, -0.05) is 18.2 Å². The van der Waals surface area contributed by atoms with Gasteiger partial charge in [-0.15, -0.1) is 0 Å². The van der Waals surface area contributed by atoms with E-state index < -0.39 is 35.2 Å². The molecule has 2 atom stereocenters. The number of hydrogen-bond acceptors (Lipinski definition) is 6. The number of aliphatic carboxylic acids is 1. The van der Waals surface area contributed by atoms with Gasteiger partial charge in [0.1, 0.15) is 41.4 Å². The average Bonchev–Trinajstić information content (AvgIpc) is 3.56. The van der Waals surface area contributed by atoms with Crippen molar-refractivity contribution in [2.75, 3.05) is 26.4 Å². The maximum atomic E-state index is 15.4. The minimum Gasteiger partial charge on any atom is -0.492 e. The van der Waals surface area contributed by atoms with Gasteiger partial charge in [-0.05, 0) is 53.8 Å². The van der Waals surface area contributed by atoms with Crippen LogP contribution in [0.4, 0.5) is 17.6 Å². The molecule has 228 valence electrons. The van der Waals surface area contributed by atoms with Crippen molar-refractivity contribution < 1.29 is 51.5 Å². The molecule has 3 aromatic carbocycles. The van der Waals surface area contributed by atoms with Crippen molar-refractivity contribution in [2.45, 2.75) is 55.9 Å². The summed E-state index contributed by atoms with van der Waals surface area (Å²) in [4.78, 5) is 11.1. The van der Waals surface area contributed by atoms with Crippen LogP contribution in [0.2, 0.25) is 0 Å². The Morgan fingerprint density at radius 1 is 1.05 bits per heavy atom. The van der Waals surface area contributed by atoms with E-state index in [9.17, 15) is 23.1 Å². The second kappa shape index (κ2) is 11.3. The minimum absolute atomic E-state index is 0.0302. The van der Waals surface area contributed by atoms with Gasteiger partial charge in [-0.25, -0.2) is 4.39 Å². The molecule has 2 N–H and O–H groups in total. The number of ether oxygens (including phenoxy) is 4. The van der Waals surface area contributed by atoms with E-state index in [4.69, 9.17) is 24.1 Å². The van der Waals surface area contributed by atoms with Gasteiger partial charge in [-0.2, -0.15) is 13.2 Å². The van der Waals surface area contributed by atoms with E-state index in [0.717, 1.165) is 5.56 Å². The fraction of sp³-hybridized carbons (Fsp3) is 0.406. The van der Waals surface area contributed by atoms with Gasteiger partial charge in [0.05, 0.1) is 18.6 Å². The molecular weight excluding hydrogens is 572 g/mol. The number of benzene rings is 3. The van der Waals surface area contributed by atoms with Crippen LogP contribution in [-0.2, 0) is 22.1 Å². The summed E-state index contributed by atoms with van der Waals surface area (Å²) in [5.74, 6) is -1.01. The van der Waals surface area contributed by atoms with Crippen LogP contribution in [0.25, 0.3) is 11.1 Å². The second-order valence-electron chi connectivity index (χ2n) is 11.3. The first-order valence-electron chi connectivity index (χ1n) is 14.1. The van der Waals surface area contributed by atoms with Gasteiger partial charge < -0.3 is 29.2 Å². The smallest absolute Gasteiger partial charge is 0.417 e. The first-order valence-corrected chi connectivity index (χ1v) is 14.1. The number of carboxylic acid groups (broad SMARTS) is 1. The molecule has 0 aromatic heterocycles. The number of alkyl halides is 3. The van der Waals surface area contributed by atoms with Crippen molar-refractivity contribution in [3.05, 3.63) is 76.6 Å². The van der Waals surface area contributed by atoms with Gasteiger partial charge >= 0.3 is 12.1 Å². The van der Waals surface area contributed by atoms with E-state index in [1.54, 1.807) is 30.3 Å². The molecule has 7 nitrogen and oxygen atoms in total. The van der Waals surface area contributed by atoms with Crippen LogP contribution in [-0.4, -0.2) is 48.2 Å². The fourth-order valence-electron chi connectivity index (χ4n) is 6.12. The molecule has 0 bridgehead atoms. The number of hydrogen-bond donors (Lipinski definition) is 2. The summed E-state index contributed by atoms with van der Waals surface area (Å²) < 4.78 is 80.7. The summed E-state index contributed by atoms with van der Waals surface area (Å²) in [7, 11) is 0. The summed E-state index contributed by atoms with van der Waals surface area (Å²) in [5, 5.41) is 19.8. The molecule has 0 radical (unpaired) electrons. The quantitative estimate of drug-likeness (QED) is 0.286. The molecule has 1 aliphatic carbocycles. The van der Waals surface area contributed by atoms with Gasteiger partial charge in [0, 0.05) is 49.2 Å². The molecule has 2 heterocycles. The van der Waals surface area contributed by atoms with Crippen molar-refractivity contribution >= 4 is 5.97 Å². The van der Waals surface area contributed by atoms with Crippen molar-refractivity contribution in [1.82, 2.24) is 0 Å². The van der Waals surface area contributed by atoms with E-state index in [1.165, 1.54) is 12.1 Å². The Morgan fingerprint density at radius 3 is 2.47 bits per heavy atom. The highest BCUT2D eigenvalue weighted by Crippen LogP contribution is 2.48. The van der Waals surface area contributed by atoms with Gasteiger partial charge in [-0.3, -0.25) is 4.79 Å². The van der Waals surface area contributed by atoms with Crippen LogP contribution >= 0.6 is 0 Å². The van der Waals surface area contributed by atoms with Crippen LogP contribution in [0, 0.1) is 5.82 Å². The lowest BCUT2D eigenvalue weighted by Crippen LogP contribution is -2.41.